The molecular formula is C13H17N5O3. The van der Waals surface area contributed by atoms with Crippen molar-refractivity contribution >= 4 is 5.91 Å². The molecule has 1 aliphatic heterocycles. The minimum Gasteiger partial charge on any atom is -0.384 e. The first kappa shape index (κ1) is 13.7. The fraction of sp³-hybridized carbons (Fsp3) is 0.538. The highest BCUT2D eigenvalue weighted by Crippen LogP contribution is 2.26. The molecule has 8 nitrogen and oxygen atoms in total. The molecule has 0 aliphatic carbocycles. The number of amides is 1. The fourth-order valence-corrected chi connectivity index (χ4v) is 2.21. The molecule has 0 radical (unpaired) electrons. The number of aryl methyl sites for hydroxylation is 1. The standard InChI is InChI=1S/C13H17N5O3/c1-17-7-10(14-8-17)13(19)18-5-9(6-18)12-15-11(16-21-12)3-4-20-2/h7-9H,3-6H2,1-2H3. The van der Waals surface area contributed by atoms with Gasteiger partial charge in [0, 0.05) is 39.9 Å². The summed E-state index contributed by atoms with van der Waals surface area (Å²) in [5.74, 6) is 1.28. The average Bonchev–Trinajstić information content (AvgIpc) is 3.04. The molecule has 1 saturated heterocycles. The van der Waals surface area contributed by atoms with Gasteiger partial charge in [0.2, 0.25) is 5.89 Å². The Morgan fingerprint density at radius 3 is 3.00 bits per heavy atom. The van der Waals surface area contributed by atoms with Crippen molar-refractivity contribution < 1.29 is 14.1 Å². The molecule has 1 aliphatic rings. The summed E-state index contributed by atoms with van der Waals surface area (Å²) in [5.41, 5.74) is 0.460. The van der Waals surface area contributed by atoms with Gasteiger partial charge in [0.1, 0.15) is 5.69 Å². The van der Waals surface area contributed by atoms with Crippen LogP contribution in [0.25, 0.3) is 0 Å². The first-order chi connectivity index (χ1) is 10.2. The third-order valence-electron chi connectivity index (χ3n) is 3.46. The molecule has 0 N–H and O–H groups in total. The van der Waals surface area contributed by atoms with Gasteiger partial charge in [0.25, 0.3) is 5.91 Å². The molecule has 8 heteroatoms. The van der Waals surface area contributed by atoms with E-state index in [1.807, 2.05) is 7.05 Å². The topological polar surface area (TPSA) is 86.3 Å². The lowest BCUT2D eigenvalue weighted by Crippen LogP contribution is -2.48. The van der Waals surface area contributed by atoms with Crippen LogP contribution in [0.5, 0.6) is 0 Å². The van der Waals surface area contributed by atoms with Crippen LogP contribution in [-0.4, -0.2) is 57.3 Å². The molecule has 21 heavy (non-hydrogen) atoms. The maximum atomic E-state index is 12.1. The average molecular weight is 291 g/mol. The number of rotatable bonds is 5. The van der Waals surface area contributed by atoms with Gasteiger partial charge in [-0.1, -0.05) is 5.16 Å². The monoisotopic (exact) mass is 291 g/mol. The molecule has 0 bridgehead atoms. The highest BCUT2D eigenvalue weighted by atomic mass is 16.5. The summed E-state index contributed by atoms with van der Waals surface area (Å²) in [6.07, 6.45) is 3.96. The van der Waals surface area contributed by atoms with E-state index < -0.39 is 0 Å². The Labute approximate surface area is 121 Å². The van der Waals surface area contributed by atoms with Crippen LogP contribution < -0.4 is 0 Å². The Balaban J connectivity index is 1.55. The van der Waals surface area contributed by atoms with E-state index in [2.05, 4.69) is 15.1 Å². The predicted molar refractivity (Wildman–Crippen MR) is 71.7 cm³/mol. The van der Waals surface area contributed by atoms with Crippen molar-refractivity contribution in [3.05, 3.63) is 29.9 Å². The summed E-state index contributed by atoms with van der Waals surface area (Å²) in [4.78, 5) is 22.2. The largest absolute Gasteiger partial charge is 0.384 e. The number of nitrogens with zero attached hydrogens (tertiary/aromatic N) is 5. The second-order valence-electron chi connectivity index (χ2n) is 5.12. The van der Waals surface area contributed by atoms with Crippen molar-refractivity contribution in [1.82, 2.24) is 24.6 Å². The van der Waals surface area contributed by atoms with Gasteiger partial charge in [-0.05, 0) is 0 Å². The van der Waals surface area contributed by atoms with E-state index in [4.69, 9.17) is 9.26 Å². The zero-order valence-electron chi connectivity index (χ0n) is 12.0. The number of carbonyl (C=O) groups excluding carboxylic acids is 1. The molecule has 1 fully saturated rings. The summed E-state index contributed by atoms with van der Waals surface area (Å²) in [7, 11) is 3.47. The number of hydrogen-bond acceptors (Lipinski definition) is 6. The van der Waals surface area contributed by atoms with Gasteiger partial charge in [-0.25, -0.2) is 4.98 Å². The number of carbonyl (C=O) groups is 1. The van der Waals surface area contributed by atoms with E-state index in [1.165, 1.54) is 0 Å². The van der Waals surface area contributed by atoms with Crippen molar-refractivity contribution in [2.45, 2.75) is 12.3 Å². The second-order valence-corrected chi connectivity index (χ2v) is 5.12. The van der Waals surface area contributed by atoms with E-state index in [0.29, 0.717) is 43.5 Å². The van der Waals surface area contributed by atoms with Gasteiger partial charge in [-0.3, -0.25) is 4.79 Å². The Morgan fingerprint density at radius 2 is 2.33 bits per heavy atom. The van der Waals surface area contributed by atoms with Gasteiger partial charge < -0.3 is 18.7 Å². The van der Waals surface area contributed by atoms with Crippen molar-refractivity contribution in [1.29, 1.82) is 0 Å². The maximum Gasteiger partial charge on any atom is 0.274 e. The number of imidazole rings is 1. The van der Waals surface area contributed by atoms with Crippen molar-refractivity contribution in [2.24, 2.45) is 7.05 Å². The number of ether oxygens (including phenoxy) is 1. The minimum atomic E-state index is -0.0639. The summed E-state index contributed by atoms with van der Waals surface area (Å²) in [6.45, 7) is 1.73. The van der Waals surface area contributed by atoms with Gasteiger partial charge in [-0.15, -0.1) is 0 Å². The van der Waals surface area contributed by atoms with Crippen LogP contribution in [0.3, 0.4) is 0 Å². The van der Waals surface area contributed by atoms with Crippen molar-refractivity contribution in [2.75, 3.05) is 26.8 Å². The highest BCUT2D eigenvalue weighted by molar-refractivity contribution is 5.92. The molecular weight excluding hydrogens is 274 g/mol. The van der Waals surface area contributed by atoms with Gasteiger partial charge in [-0.2, -0.15) is 4.98 Å². The first-order valence-electron chi connectivity index (χ1n) is 6.76. The van der Waals surface area contributed by atoms with E-state index in [-0.39, 0.29) is 11.8 Å². The van der Waals surface area contributed by atoms with Crippen LogP contribution in [0, 0.1) is 0 Å². The zero-order chi connectivity index (χ0) is 14.8. The highest BCUT2D eigenvalue weighted by Gasteiger charge is 2.36. The molecule has 2 aromatic heterocycles. The lowest BCUT2D eigenvalue weighted by Gasteiger charge is -2.36. The molecule has 2 aromatic rings. The van der Waals surface area contributed by atoms with Gasteiger partial charge in [0.15, 0.2) is 5.82 Å². The van der Waals surface area contributed by atoms with Crippen LogP contribution in [0.15, 0.2) is 17.0 Å². The fourth-order valence-electron chi connectivity index (χ4n) is 2.21. The van der Waals surface area contributed by atoms with E-state index in [1.54, 1.807) is 29.1 Å². The molecule has 3 heterocycles. The van der Waals surface area contributed by atoms with E-state index >= 15 is 0 Å². The number of likely N-dealkylation sites (tertiary alicyclic amines) is 1. The van der Waals surface area contributed by atoms with E-state index in [0.717, 1.165) is 0 Å². The molecule has 112 valence electrons. The first-order valence-corrected chi connectivity index (χ1v) is 6.76. The molecule has 3 rings (SSSR count). The normalized spacial score (nSPS) is 15.2. The van der Waals surface area contributed by atoms with Gasteiger partial charge >= 0.3 is 0 Å². The summed E-state index contributed by atoms with van der Waals surface area (Å²) in [5, 5.41) is 3.90. The Bertz CT molecular complexity index is 629. The molecule has 0 atom stereocenters. The molecule has 0 aromatic carbocycles. The second kappa shape index (κ2) is 5.65. The molecule has 1 amide bonds. The van der Waals surface area contributed by atoms with E-state index in [9.17, 15) is 4.79 Å². The predicted octanol–water partition coefficient (Wildman–Crippen LogP) is 0.232. The SMILES string of the molecule is COCCc1noc(C2CN(C(=O)c3cn(C)cn3)C2)n1. The summed E-state index contributed by atoms with van der Waals surface area (Å²) < 4.78 is 12.0. The smallest absolute Gasteiger partial charge is 0.274 e. The summed E-state index contributed by atoms with van der Waals surface area (Å²) in [6, 6.07) is 0. The van der Waals surface area contributed by atoms with Crippen LogP contribution in [0.4, 0.5) is 0 Å². The van der Waals surface area contributed by atoms with Crippen LogP contribution in [0.1, 0.15) is 28.1 Å². The number of hydrogen-bond donors (Lipinski definition) is 0. The third-order valence-corrected chi connectivity index (χ3v) is 3.46. The third kappa shape index (κ3) is 2.80. The number of aromatic nitrogens is 4. The molecule has 0 unspecified atom stereocenters. The Hall–Kier alpha value is -2.22. The van der Waals surface area contributed by atoms with Crippen molar-refractivity contribution in [3.8, 4) is 0 Å². The minimum absolute atomic E-state index is 0.0639. The molecule has 0 spiro atoms. The van der Waals surface area contributed by atoms with Crippen LogP contribution in [0.2, 0.25) is 0 Å². The lowest BCUT2D eigenvalue weighted by molar-refractivity contribution is 0.0563. The lowest BCUT2D eigenvalue weighted by atomic mass is 10.00. The van der Waals surface area contributed by atoms with Crippen LogP contribution in [-0.2, 0) is 18.2 Å². The van der Waals surface area contributed by atoms with Crippen molar-refractivity contribution in [3.63, 3.8) is 0 Å². The Kier molecular flexibility index (Phi) is 3.70. The summed E-state index contributed by atoms with van der Waals surface area (Å²) >= 11 is 0. The Morgan fingerprint density at radius 1 is 1.52 bits per heavy atom. The van der Waals surface area contributed by atoms with Crippen LogP contribution >= 0.6 is 0 Å². The molecule has 0 saturated carbocycles. The zero-order valence-corrected chi connectivity index (χ0v) is 12.0. The van der Waals surface area contributed by atoms with Gasteiger partial charge in [0.05, 0.1) is 18.9 Å². The quantitative estimate of drug-likeness (QED) is 0.784. The number of methoxy groups -OCH3 is 1. The maximum absolute atomic E-state index is 12.1.